The summed E-state index contributed by atoms with van der Waals surface area (Å²) in [5, 5.41) is 4.04. The number of carbonyl (C=O) groups excluding carboxylic acids is 1. The molecule has 1 amide bonds. The van der Waals surface area contributed by atoms with Gasteiger partial charge in [-0.05, 0) is 38.0 Å². The van der Waals surface area contributed by atoms with E-state index in [1.165, 1.54) is 44.9 Å². The van der Waals surface area contributed by atoms with Gasteiger partial charge in [-0.1, -0.05) is 37.3 Å². The molecule has 0 bridgehead atoms. The molecule has 0 spiro atoms. The second kappa shape index (κ2) is 9.18. The van der Waals surface area contributed by atoms with E-state index in [9.17, 15) is 4.79 Å². The summed E-state index contributed by atoms with van der Waals surface area (Å²) in [5.41, 5.74) is 0. The maximum Gasteiger partial charge on any atom is 0.229 e. The molecule has 150 valence electrons. The molecule has 1 aromatic rings. The number of carbonyl (C=O) groups is 1. The molecule has 1 unspecified atom stereocenters. The number of hydrogen-bond acceptors (Lipinski definition) is 5. The molecule has 6 heteroatoms. The summed E-state index contributed by atoms with van der Waals surface area (Å²) in [7, 11) is 0. The van der Waals surface area contributed by atoms with Crippen LogP contribution in [0.4, 0.5) is 0 Å². The highest BCUT2D eigenvalue weighted by Gasteiger charge is 2.29. The van der Waals surface area contributed by atoms with Crippen LogP contribution in [0.15, 0.2) is 4.52 Å². The Balaban J connectivity index is 1.15. The summed E-state index contributed by atoms with van der Waals surface area (Å²) in [5.74, 6) is 3.13. The molecule has 3 aliphatic rings. The maximum atomic E-state index is 12.6. The Hall–Kier alpha value is -1.43. The summed E-state index contributed by atoms with van der Waals surface area (Å²) in [6.45, 7) is 2.22. The number of rotatable bonds is 8. The number of amides is 1. The molecule has 0 N–H and O–H groups in total. The van der Waals surface area contributed by atoms with Crippen molar-refractivity contribution >= 4 is 5.91 Å². The average Bonchev–Trinajstić information content (AvgIpc) is 3.46. The Morgan fingerprint density at radius 3 is 2.78 bits per heavy atom. The van der Waals surface area contributed by atoms with E-state index < -0.39 is 0 Å². The fourth-order valence-electron chi connectivity index (χ4n) is 4.44. The van der Waals surface area contributed by atoms with Gasteiger partial charge in [0.15, 0.2) is 5.82 Å². The quantitative estimate of drug-likeness (QED) is 0.690. The Labute approximate surface area is 162 Å². The fourth-order valence-corrected chi connectivity index (χ4v) is 4.44. The topological polar surface area (TPSA) is 68.5 Å². The Morgan fingerprint density at radius 2 is 1.96 bits per heavy atom. The van der Waals surface area contributed by atoms with Gasteiger partial charge < -0.3 is 14.2 Å². The number of likely N-dealkylation sites (tertiary alicyclic amines) is 1. The van der Waals surface area contributed by atoms with Crippen molar-refractivity contribution in [3.05, 3.63) is 11.7 Å². The number of piperidine rings is 1. The van der Waals surface area contributed by atoms with E-state index in [-0.39, 0.29) is 6.10 Å². The molecular weight excluding hydrogens is 342 g/mol. The number of hydrogen-bond donors (Lipinski definition) is 0. The first kappa shape index (κ1) is 18.9. The maximum absolute atomic E-state index is 12.6. The predicted octanol–water partition coefficient (Wildman–Crippen LogP) is 3.86. The van der Waals surface area contributed by atoms with Crippen LogP contribution in [-0.2, 0) is 16.0 Å². The lowest BCUT2D eigenvalue weighted by atomic mass is 9.86. The van der Waals surface area contributed by atoms with Crippen molar-refractivity contribution < 1.29 is 14.1 Å². The van der Waals surface area contributed by atoms with Gasteiger partial charge in [0.1, 0.15) is 0 Å². The fraction of sp³-hybridized carbons (Fsp3) is 0.857. The first-order valence-corrected chi connectivity index (χ1v) is 11.0. The lowest BCUT2D eigenvalue weighted by Gasteiger charge is -2.33. The number of ether oxygens (including phenoxy) is 1. The van der Waals surface area contributed by atoms with Gasteiger partial charge in [-0.15, -0.1) is 0 Å². The zero-order valence-corrected chi connectivity index (χ0v) is 16.4. The van der Waals surface area contributed by atoms with Crippen molar-refractivity contribution in [2.45, 2.75) is 89.1 Å². The third-order valence-electron chi connectivity index (χ3n) is 6.31. The molecule has 4 rings (SSSR count). The molecule has 27 heavy (non-hydrogen) atoms. The monoisotopic (exact) mass is 375 g/mol. The van der Waals surface area contributed by atoms with Gasteiger partial charge in [-0.2, -0.15) is 4.98 Å². The van der Waals surface area contributed by atoms with Gasteiger partial charge >= 0.3 is 0 Å². The van der Waals surface area contributed by atoms with Crippen molar-refractivity contribution in [2.75, 3.05) is 19.7 Å². The minimum atomic E-state index is 0.146. The second-order valence-corrected chi connectivity index (χ2v) is 8.59. The molecule has 2 aliphatic carbocycles. The van der Waals surface area contributed by atoms with Crippen LogP contribution in [0.1, 0.15) is 88.3 Å². The van der Waals surface area contributed by atoms with E-state index >= 15 is 0 Å². The van der Waals surface area contributed by atoms with Crippen molar-refractivity contribution in [3.8, 4) is 0 Å². The summed E-state index contributed by atoms with van der Waals surface area (Å²) >= 11 is 0. The molecule has 2 saturated carbocycles. The van der Waals surface area contributed by atoms with Crippen LogP contribution in [-0.4, -0.2) is 46.7 Å². The van der Waals surface area contributed by atoms with Gasteiger partial charge in [-0.3, -0.25) is 4.79 Å². The van der Waals surface area contributed by atoms with Crippen LogP contribution in [0.2, 0.25) is 0 Å². The zero-order chi connectivity index (χ0) is 18.5. The summed E-state index contributed by atoms with van der Waals surface area (Å²) < 4.78 is 11.3. The van der Waals surface area contributed by atoms with E-state index in [0.717, 1.165) is 50.0 Å². The summed E-state index contributed by atoms with van der Waals surface area (Å²) in [6.07, 6.45) is 13.7. The van der Waals surface area contributed by atoms with Crippen molar-refractivity contribution in [1.82, 2.24) is 15.0 Å². The van der Waals surface area contributed by atoms with E-state index in [0.29, 0.717) is 31.3 Å². The largest absolute Gasteiger partial charge is 0.376 e. The molecule has 0 aromatic carbocycles. The van der Waals surface area contributed by atoms with Crippen molar-refractivity contribution in [1.29, 1.82) is 0 Å². The number of nitrogens with zero attached hydrogens (tertiary/aromatic N) is 3. The second-order valence-electron chi connectivity index (χ2n) is 8.59. The highest BCUT2D eigenvalue weighted by atomic mass is 16.5. The minimum Gasteiger partial charge on any atom is -0.376 e. The van der Waals surface area contributed by atoms with Crippen LogP contribution < -0.4 is 0 Å². The van der Waals surface area contributed by atoms with Crippen LogP contribution >= 0.6 is 0 Å². The highest BCUT2D eigenvalue weighted by molar-refractivity contribution is 5.76. The molecular formula is C21H33N3O3. The van der Waals surface area contributed by atoms with E-state index in [2.05, 4.69) is 10.1 Å². The van der Waals surface area contributed by atoms with Crippen LogP contribution in [0.25, 0.3) is 0 Å². The average molecular weight is 376 g/mol. The third-order valence-corrected chi connectivity index (χ3v) is 6.31. The van der Waals surface area contributed by atoms with Gasteiger partial charge in [0, 0.05) is 31.8 Å². The third kappa shape index (κ3) is 5.53. The van der Waals surface area contributed by atoms with E-state index in [1.807, 2.05) is 4.90 Å². The normalized spacial score (nSPS) is 24.3. The summed E-state index contributed by atoms with van der Waals surface area (Å²) in [6, 6.07) is 0. The minimum absolute atomic E-state index is 0.146. The molecule has 2 heterocycles. The molecule has 1 saturated heterocycles. The van der Waals surface area contributed by atoms with Crippen molar-refractivity contribution in [3.63, 3.8) is 0 Å². The lowest BCUT2D eigenvalue weighted by Crippen LogP contribution is -2.43. The standard InChI is InChI=1S/C21H33N3O3/c25-20(11-8-16-5-2-1-3-6-16)24-13-4-7-18(15-24)26-14-12-19-22-21(27-23-19)17-9-10-17/h16-18H,1-15H2. The van der Waals surface area contributed by atoms with Gasteiger partial charge in [0.25, 0.3) is 0 Å². The van der Waals surface area contributed by atoms with Gasteiger partial charge in [-0.25, -0.2) is 0 Å². The SMILES string of the molecule is O=C(CCC1CCCCC1)N1CCCC(OCCc2noc(C3CC3)n2)C1. The van der Waals surface area contributed by atoms with Crippen LogP contribution in [0.5, 0.6) is 0 Å². The first-order valence-electron chi connectivity index (χ1n) is 11.0. The predicted molar refractivity (Wildman–Crippen MR) is 101 cm³/mol. The van der Waals surface area contributed by atoms with Gasteiger partial charge in [0.2, 0.25) is 11.8 Å². The molecule has 1 atom stereocenters. The van der Waals surface area contributed by atoms with Crippen molar-refractivity contribution in [2.24, 2.45) is 5.92 Å². The zero-order valence-electron chi connectivity index (χ0n) is 16.4. The Bertz CT molecular complexity index is 608. The molecule has 1 aromatic heterocycles. The van der Waals surface area contributed by atoms with Gasteiger partial charge in [0.05, 0.1) is 12.7 Å². The smallest absolute Gasteiger partial charge is 0.229 e. The summed E-state index contributed by atoms with van der Waals surface area (Å²) in [4.78, 5) is 19.1. The van der Waals surface area contributed by atoms with E-state index in [1.54, 1.807) is 0 Å². The van der Waals surface area contributed by atoms with E-state index in [4.69, 9.17) is 9.26 Å². The lowest BCUT2D eigenvalue weighted by molar-refractivity contribution is -0.135. The molecule has 0 radical (unpaired) electrons. The first-order chi connectivity index (χ1) is 13.3. The Morgan fingerprint density at radius 1 is 1.11 bits per heavy atom. The number of aromatic nitrogens is 2. The molecule has 6 nitrogen and oxygen atoms in total. The molecule has 3 fully saturated rings. The van der Waals surface area contributed by atoms with Crippen LogP contribution in [0.3, 0.4) is 0 Å². The molecule has 1 aliphatic heterocycles. The Kier molecular flexibility index (Phi) is 6.43. The highest BCUT2D eigenvalue weighted by Crippen LogP contribution is 2.38. The van der Waals surface area contributed by atoms with Crippen LogP contribution in [0, 0.1) is 5.92 Å².